The number of carbonyl (C=O) groups excluding carboxylic acids is 1. The number of nitrogens with zero attached hydrogens (tertiary/aromatic N) is 5. The minimum Gasteiger partial charge on any atom is -0.338 e. The molecule has 1 aliphatic rings. The topological polar surface area (TPSA) is 63.9 Å². The van der Waals surface area contributed by atoms with E-state index in [1.165, 1.54) is 5.56 Å². The van der Waals surface area contributed by atoms with Gasteiger partial charge in [0.25, 0.3) is 5.91 Å². The lowest BCUT2D eigenvalue weighted by atomic mass is 9.90. The van der Waals surface area contributed by atoms with E-state index in [1.54, 1.807) is 12.5 Å². The summed E-state index contributed by atoms with van der Waals surface area (Å²) in [5.41, 5.74) is 5.17. The Balaban J connectivity index is 1.34. The molecule has 0 bridgehead atoms. The minimum atomic E-state index is 0.0762. The number of likely N-dealkylation sites (tertiary alicyclic amines) is 1. The number of piperidine rings is 1. The number of imidazole rings is 1. The van der Waals surface area contributed by atoms with Crippen molar-refractivity contribution in [2.24, 2.45) is 0 Å². The van der Waals surface area contributed by atoms with Crippen molar-refractivity contribution in [1.29, 1.82) is 0 Å². The molecule has 2 aromatic heterocycles. The van der Waals surface area contributed by atoms with Crippen LogP contribution in [0.1, 0.15) is 51.8 Å². The molecular weight excluding hydrogens is 410 g/mol. The van der Waals surface area contributed by atoms with Gasteiger partial charge in [0.15, 0.2) is 0 Å². The largest absolute Gasteiger partial charge is 0.338 e. The van der Waals surface area contributed by atoms with Crippen LogP contribution in [0.5, 0.6) is 0 Å². The summed E-state index contributed by atoms with van der Waals surface area (Å²) in [4.78, 5) is 28.7. The maximum Gasteiger partial charge on any atom is 0.253 e. The van der Waals surface area contributed by atoms with E-state index in [0.29, 0.717) is 12.1 Å². The van der Waals surface area contributed by atoms with E-state index in [4.69, 9.17) is 4.98 Å². The van der Waals surface area contributed by atoms with Gasteiger partial charge in [-0.3, -0.25) is 4.79 Å². The molecule has 1 fully saturated rings. The molecule has 1 amide bonds. The van der Waals surface area contributed by atoms with Gasteiger partial charge in [-0.25, -0.2) is 15.0 Å². The molecule has 2 aromatic carbocycles. The molecule has 0 N–H and O–H groups in total. The van der Waals surface area contributed by atoms with Crippen LogP contribution in [-0.4, -0.2) is 43.4 Å². The summed E-state index contributed by atoms with van der Waals surface area (Å²) in [5, 5.41) is 0. The maximum absolute atomic E-state index is 13.3. The Morgan fingerprint density at radius 3 is 2.67 bits per heavy atom. The van der Waals surface area contributed by atoms with E-state index in [9.17, 15) is 4.79 Å². The lowest BCUT2D eigenvalue weighted by molar-refractivity contribution is 0.0705. The normalized spacial score (nSPS) is 16.0. The van der Waals surface area contributed by atoms with Crippen LogP contribution < -0.4 is 0 Å². The van der Waals surface area contributed by atoms with E-state index in [-0.39, 0.29) is 11.8 Å². The highest BCUT2D eigenvalue weighted by molar-refractivity contribution is 5.94. The van der Waals surface area contributed by atoms with Crippen molar-refractivity contribution in [2.75, 3.05) is 13.1 Å². The quantitative estimate of drug-likeness (QED) is 0.458. The Labute approximate surface area is 194 Å². The first-order valence-electron chi connectivity index (χ1n) is 11.4. The molecular formula is C27H27N5O. The van der Waals surface area contributed by atoms with E-state index in [2.05, 4.69) is 34.2 Å². The zero-order valence-electron chi connectivity index (χ0n) is 18.8. The molecule has 6 heteroatoms. The summed E-state index contributed by atoms with van der Waals surface area (Å²) in [6.45, 7) is 3.39. The number of benzene rings is 2. The van der Waals surface area contributed by atoms with Crippen LogP contribution in [0, 0.1) is 6.92 Å². The highest BCUT2D eigenvalue weighted by atomic mass is 16.2. The average molecular weight is 438 g/mol. The van der Waals surface area contributed by atoms with Gasteiger partial charge in [-0.05, 0) is 55.2 Å². The zero-order chi connectivity index (χ0) is 22.6. The fourth-order valence-electron chi connectivity index (χ4n) is 4.57. The van der Waals surface area contributed by atoms with Crippen LogP contribution in [0.3, 0.4) is 0 Å². The average Bonchev–Trinajstić information content (AvgIpc) is 3.41. The van der Waals surface area contributed by atoms with Crippen molar-refractivity contribution >= 4 is 5.91 Å². The van der Waals surface area contributed by atoms with Gasteiger partial charge in [0.05, 0.1) is 12.0 Å². The van der Waals surface area contributed by atoms with E-state index >= 15 is 0 Å². The van der Waals surface area contributed by atoms with E-state index < -0.39 is 0 Å². The summed E-state index contributed by atoms with van der Waals surface area (Å²) in [6.07, 6.45) is 10.1. The number of hydrogen-bond donors (Lipinski definition) is 0. The van der Waals surface area contributed by atoms with Crippen molar-refractivity contribution in [3.8, 4) is 5.69 Å². The second-order valence-electron chi connectivity index (χ2n) is 8.60. The number of hydrogen-bond acceptors (Lipinski definition) is 4. The molecule has 0 aliphatic carbocycles. The first kappa shape index (κ1) is 21.1. The predicted octanol–water partition coefficient (Wildman–Crippen LogP) is 4.58. The van der Waals surface area contributed by atoms with Crippen molar-refractivity contribution < 1.29 is 4.79 Å². The molecule has 6 nitrogen and oxygen atoms in total. The van der Waals surface area contributed by atoms with Gasteiger partial charge in [-0.2, -0.15) is 0 Å². The molecule has 0 spiro atoms. The summed E-state index contributed by atoms with van der Waals surface area (Å²) in [6, 6.07) is 18.1. The number of carbonyl (C=O) groups is 1. The first-order chi connectivity index (χ1) is 16.2. The van der Waals surface area contributed by atoms with Crippen LogP contribution in [0.25, 0.3) is 5.69 Å². The van der Waals surface area contributed by atoms with Crippen molar-refractivity contribution in [2.45, 2.75) is 32.1 Å². The van der Waals surface area contributed by atoms with Crippen LogP contribution in [0.2, 0.25) is 0 Å². The molecule has 0 saturated carbocycles. The maximum atomic E-state index is 13.3. The second kappa shape index (κ2) is 9.36. The summed E-state index contributed by atoms with van der Waals surface area (Å²) in [5.74, 6) is 1.07. The van der Waals surface area contributed by atoms with Crippen LogP contribution in [0.15, 0.2) is 79.5 Å². The molecule has 1 atom stereocenters. The first-order valence-corrected chi connectivity index (χ1v) is 11.4. The SMILES string of the molecule is Cc1ncc(Cc2ccccc2)c([C@H]2CCCN(C(=O)c3ccc(-n4ccnc4)cc3)C2)n1. The Hall–Kier alpha value is -3.80. The molecule has 3 heterocycles. The summed E-state index contributed by atoms with van der Waals surface area (Å²) in [7, 11) is 0. The van der Waals surface area contributed by atoms with E-state index in [1.807, 2.05) is 59.1 Å². The lowest BCUT2D eigenvalue weighted by Gasteiger charge is -2.33. The van der Waals surface area contributed by atoms with Crippen LogP contribution in [0.4, 0.5) is 0 Å². The van der Waals surface area contributed by atoms with Gasteiger partial charge in [0.1, 0.15) is 5.82 Å². The standard InChI is InChI=1S/C27H27N5O/c1-20-29-17-24(16-21-6-3-2-4-7-21)26(30-20)23-8-5-14-31(18-23)27(33)22-9-11-25(12-10-22)32-15-13-28-19-32/h2-4,6-7,9-13,15,17,19,23H,5,8,14,16,18H2,1H3/t23-/m0/s1. The molecule has 1 saturated heterocycles. The minimum absolute atomic E-state index is 0.0762. The Kier molecular flexibility index (Phi) is 5.98. The molecule has 0 radical (unpaired) electrons. The third-order valence-corrected chi connectivity index (χ3v) is 6.27. The Morgan fingerprint density at radius 2 is 1.91 bits per heavy atom. The number of aromatic nitrogens is 4. The van der Waals surface area contributed by atoms with Crippen LogP contribution in [-0.2, 0) is 6.42 Å². The molecule has 4 aromatic rings. The smallest absolute Gasteiger partial charge is 0.253 e. The fraction of sp³-hybridized carbons (Fsp3) is 0.259. The van der Waals surface area contributed by atoms with Crippen LogP contribution >= 0.6 is 0 Å². The highest BCUT2D eigenvalue weighted by Gasteiger charge is 2.28. The number of rotatable bonds is 5. The fourth-order valence-corrected chi connectivity index (χ4v) is 4.57. The summed E-state index contributed by atoms with van der Waals surface area (Å²) >= 11 is 0. The lowest BCUT2D eigenvalue weighted by Crippen LogP contribution is -2.39. The van der Waals surface area contributed by atoms with E-state index in [0.717, 1.165) is 48.6 Å². The van der Waals surface area contributed by atoms with Gasteiger partial charge in [0.2, 0.25) is 0 Å². The highest BCUT2D eigenvalue weighted by Crippen LogP contribution is 2.30. The monoisotopic (exact) mass is 437 g/mol. The molecule has 166 valence electrons. The van der Waals surface area contributed by atoms with Crippen molar-refractivity contribution in [3.63, 3.8) is 0 Å². The number of aryl methyl sites for hydroxylation is 1. The molecule has 5 rings (SSSR count). The second-order valence-corrected chi connectivity index (χ2v) is 8.60. The Bertz CT molecular complexity index is 1220. The zero-order valence-corrected chi connectivity index (χ0v) is 18.8. The van der Waals surface area contributed by atoms with Crippen molar-refractivity contribution in [1.82, 2.24) is 24.4 Å². The number of amides is 1. The third kappa shape index (κ3) is 4.70. The van der Waals surface area contributed by atoms with Gasteiger partial charge < -0.3 is 9.47 Å². The third-order valence-electron chi connectivity index (χ3n) is 6.27. The van der Waals surface area contributed by atoms with Gasteiger partial charge in [0, 0.05) is 55.3 Å². The molecule has 1 aliphatic heterocycles. The van der Waals surface area contributed by atoms with Gasteiger partial charge in [-0.15, -0.1) is 0 Å². The predicted molar refractivity (Wildman–Crippen MR) is 127 cm³/mol. The Morgan fingerprint density at radius 1 is 1.09 bits per heavy atom. The molecule has 0 unspecified atom stereocenters. The van der Waals surface area contributed by atoms with Crippen molar-refractivity contribution in [3.05, 3.63) is 108 Å². The summed E-state index contributed by atoms with van der Waals surface area (Å²) < 4.78 is 1.93. The van der Waals surface area contributed by atoms with Gasteiger partial charge >= 0.3 is 0 Å². The van der Waals surface area contributed by atoms with Gasteiger partial charge in [-0.1, -0.05) is 30.3 Å². The molecule has 33 heavy (non-hydrogen) atoms.